The Morgan fingerprint density at radius 3 is 2.45 bits per heavy atom. The van der Waals surface area contributed by atoms with Crippen molar-refractivity contribution in [2.45, 2.75) is 19.8 Å². The average Bonchev–Trinajstić information content (AvgIpc) is 2.79. The molecule has 0 aliphatic rings. The van der Waals surface area contributed by atoms with Crippen LogP contribution >= 0.6 is 15.9 Å². The van der Waals surface area contributed by atoms with Gasteiger partial charge in [0.15, 0.2) is 6.61 Å². The highest BCUT2D eigenvalue weighted by Gasteiger charge is 2.12. The first-order chi connectivity index (χ1) is 15.0. The lowest BCUT2D eigenvalue weighted by molar-refractivity contribution is -0.136. The summed E-state index contributed by atoms with van der Waals surface area (Å²) in [6.07, 6.45) is 1.54. The van der Waals surface area contributed by atoms with Gasteiger partial charge in [0.05, 0.1) is 16.6 Å². The minimum absolute atomic E-state index is 0.254. The molecule has 0 fully saturated rings. The molecule has 0 bridgehead atoms. The maximum absolute atomic E-state index is 12.3. The Morgan fingerprint density at radius 1 is 0.903 bits per heavy atom. The number of rotatable bonds is 9. The predicted octanol–water partition coefficient (Wildman–Crippen LogP) is 5.40. The number of ether oxygens (including phenoxy) is 3. The van der Waals surface area contributed by atoms with Gasteiger partial charge >= 0.3 is 11.9 Å². The molecular formula is C25H23BrO5. The maximum Gasteiger partial charge on any atom is 0.349 e. The van der Waals surface area contributed by atoms with Gasteiger partial charge in [0.25, 0.3) is 0 Å². The van der Waals surface area contributed by atoms with Gasteiger partial charge in [0.1, 0.15) is 11.5 Å². The van der Waals surface area contributed by atoms with Crippen LogP contribution in [0.15, 0.2) is 77.3 Å². The zero-order valence-electron chi connectivity index (χ0n) is 17.2. The van der Waals surface area contributed by atoms with E-state index in [0.29, 0.717) is 17.7 Å². The summed E-state index contributed by atoms with van der Waals surface area (Å²) in [6, 6.07) is 21.8. The van der Waals surface area contributed by atoms with Crippen molar-refractivity contribution in [1.29, 1.82) is 0 Å². The van der Waals surface area contributed by atoms with E-state index in [-0.39, 0.29) is 19.0 Å². The van der Waals surface area contributed by atoms with E-state index in [9.17, 15) is 9.59 Å². The number of hydrogen-bond acceptors (Lipinski definition) is 5. The Balaban J connectivity index is 1.50. The molecule has 0 aliphatic heterocycles. The lowest BCUT2D eigenvalue weighted by Gasteiger charge is -2.10. The first-order valence-electron chi connectivity index (χ1n) is 9.98. The molecule has 0 aliphatic carbocycles. The molecule has 31 heavy (non-hydrogen) atoms. The number of aryl methyl sites for hydroxylation is 1. The molecular weight excluding hydrogens is 460 g/mol. The van der Waals surface area contributed by atoms with Gasteiger partial charge in [-0.2, -0.15) is 0 Å². The van der Waals surface area contributed by atoms with Crippen LogP contribution in [0.25, 0.3) is 0 Å². The molecule has 0 atom stereocenters. The normalized spacial score (nSPS) is 10.4. The number of carbonyl (C=O) groups excluding carboxylic acids is 2. The second kappa shape index (κ2) is 11.3. The summed E-state index contributed by atoms with van der Waals surface area (Å²) in [5.41, 5.74) is 2.57. The van der Waals surface area contributed by atoms with Gasteiger partial charge < -0.3 is 14.2 Å². The quantitative estimate of drug-likeness (QED) is 0.302. The van der Waals surface area contributed by atoms with Gasteiger partial charge in [-0.05, 0) is 63.8 Å². The molecule has 3 rings (SSSR count). The van der Waals surface area contributed by atoms with Crippen molar-refractivity contribution in [1.82, 2.24) is 0 Å². The number of hydrogen-bond donors (Lipinski definition) is 0. The summed E-state index contributed by atoms with van der Waals surface area (Å²) in [5, 5.41) is 0. The molecule has 0 radical (unpaired) electrons. The SMILES string of the molecule is CCc1ccc(OCC(=O)Oc2cccc(C(=O)OCCc3ccccc3)c2)c(Br)c1. The predicted molar refractivity (Wildman–Crippen MR) is 122 cm³/mol. The highest BCUT2D eigenvalue weighted by molar-refractivity contribution is 9.10. The van der Waals surface area contributed by atoms with Crippen LogP contribution in [-0.2, 0) is 22.4 Å². The fourth-order valence-corrected chi connectivity index (χ4v) is 3.40. The summed E-state index contributed by atoms with van der Waals surface area (Å²) in [5.74, 6) is -0.220. The third-order valence-electron chi connectivity index (χ3n) is 4.52. The molecule has 0 N–H and O–H groups in total. The van der Waals surface area contributed by atoms with Gasteiger partial charge in [0.2, 0.25) is 0 Å². The van der Waals surface area contributed by atoms with Crippen LogP contribution in [0.3, 0.4) is 0 Å². The third-order valence-corrected chi connectivity index (χ3v) is 5.14. The van der Waals surface area contributed by atoms with Crippen molar-refractivity contribution in [3.05, 3.63) is 94.0 Å². The third kappa shape index (κ3) is 6.96. The smallest absolute Gasteiger partial charge is 0.349 e. The van der Waals surface area contributed by atoms with Gasteiger partial charge in [-0.15, -0.1) is 0 Å². The van der Waals surface area contributed by atoms with Crippen LogP contribution in [0.5, 0.6) is 11.5 Å². The zero-order chi connectivity index (χ0) is 22.1. The van der Waals surface area contributed by atoms with E-state index in [1.807, 2.05) is 48.5 Å². The largest absolute Gasteiger partial charge is 0.481 e. The first kappa shape index (κ1) is 22.6. The molecule has 0 saturated heterocycles. The van der Waals surface area contributed by atoms with Gasteiger partial charge in [-0.3, -0.25) is 0 Å². The highest BCUT2D eigenvalue weighted by Crippen LogP contribution is 2.26. The molecule has 5 nitrogen and oxygen atoms in total. The van der Waals surface area contributed by atoms with E-state index in [1.165, 1.54) is 6.07 Å². The van der Waals surface area contributed by atoms with Gasteiger partial charge in [-0.25, -0.2) is 9.59 Å². The standard InChI is InChI=1S/C25H23BrO5/c1-2-18-11-12-23(22(26)15-18)30-17-24(27)31-21-10-6-9-20(16-21)25(28)29-14-13-19-7-4-3-5-8-19/h3-12,15-16H,2,13-14,17H2,1H3. The molecule has 3 aromatic rings. The van der Waals surface area contributed by atoms with Crippen molar-refractivity contribution in [3.63, 3.8) is 0 Å². The van der Waals surface area contributed by atoms with Gasteiger partial charge in [0, 0.05) is 6.42 Å². The van der Waals surface area contributed by atoms with E-state index in [1.54, 1.807) is 18.2 Å². The van der Waals surface area contributed by atoms with E-state index in [4.69, 9.17) is 14.2 Å². The van der Waals surface area contributed by atoms with Crippen LogP contribution < -0.4 is 9.47 Å². The molecule has 0 spiro atoms. The second-order valence-corrected chi connectivity index (χ2v) is 7.63. The van der Waals surface area contributed by atoms with E-state index < -0.39 is 11.9 Å². The average molecular weight is 483 g/mol. The van der Waals surface area contributed by atoms with Crippen molar-refractivity contribution < 1.29 is 23.8 Å². The van der Waals surface area contributed by atoms with Gasteiger partial charge in [-0.1, -0.05) is 49.4 Å². The number of carbonyl (C=O) groups is 2. The minimum atomic E-state index is -0.568. The number of esters is 2. The molecule has 0 heterocycles. The summed E-state index contributed by atoms with van der Waals surface area (Å²) < 4.78 is 16.9. The van der Waals surface area contributed by atoms with Crippen LogP contribution in [0, 0.1) is 0 Å². The Kier molecular flexibility index (Phi) is 8.24. The molecule has 160 valence electrons. The van der Waals surface area contributed by atoms with Crippen LogP contribution in [0.1, 0.15) is 28.4 Å². The van der Waals surface area contributed by atoms with Crippen LogP contribution in [0.2, 0.25) is 0 Å². The molecule has 0 saturated carbocycles. The fourth-order valence-electron chi connectivity index (χ4n) is 2.86. The summed E-state index contributed by atoms with van der Waals surface area (Å²) >= 11 is 3.44. The lowest BCUT2D eigenvalue weighted by atomic mass is 10.2. The van der Waals surface area contributed by atoms with E-state index in [2.05, 4.69) is 22.9 Å². The fraction of sp³-hybridized carbons (Fsp3) is 0.200. The zero-order valence-corrected chi connectivity index (χ0v) is 18.8. The molecule has 0 amide bonds. The first-order valence-corrected chi connectivity index (χ1v) is 10.8. The minimum Gasteiger partial charge on any atom is -0.481 e. The Morgan fingerprint density at radius 2 is 1.71 bits per heavy atom. The van der Waals surface area contributed by atoms with Crippen molar-refractivity contribution >= 4 is 27.9 Å². The maximum atomic E-state index is 12.3. The van der Waals surface area contributed by atoms with Crippen molar-refractivity contribution in [2.75, 3.05) is 13.2 Å². The molecule has 0 aromatic heterocycles. The number of benzene rings is 3. The summed E-state index contributed by atoms with van der Waals surface area (Å²) in [4.78, 5) is 24.4. The van der Waals surface area contributed by atoms with Crippen LogP contribution in [0.4, 0.5) is 0 Å². The Labute approximate surface area is 190 Å². The topological polar surface area (TPSA) is 61.8 Å². The molecule has 3 aromatic carbocycles. The van der Waals surface area contributed by atoms with E-state index in [0.717, 1.165) is 22.0 Å². The van der Waals surface area contributed by atoms with E-state index >= 15 is 0 Å². The lowest BCUT2D eigenvalue weighted by Crippen LogP contribution is -2.18. The van der Waals surface area contributed by atoms with Crippen LogP contribution in [-0.4, -0.2) is 25.2 Å². The van der Waals surface area contributed by atoms with Crippen molar-refractivity contribution in [2.24, 2.45) is 0 Å². The Hall–Kier alpha value is -3.12. The second-order valence-electron chi connectivity index (χ2n) is 6.78. The van der Waals surface area contributed by atoms with Crippen molar-refractivity contribution in [3.8, 4) is 11.5 Å². The Bertz CT molecular complexity index is 1030. The molecule has 0 unspecified atom stereocenters. The highest BCUT2D eigenvalue weighted by atomic mass is 79.9. The molecule has 6 heteroatoms. The summed E-state index contributed by atoms with van der Waals surface area (Å²) in [6.45, 7) is 2.08. The number of halogens is 1. The summed E-state index contributed by atoms with van der Waals surface area (Å²) in [7, 11) is 0. The monoisotopic (exact) mass is 482 g/mol.